The summed E-state index contributed by atoms with van der Waals surface area (Å²) in [6, 6.07) is 2.18. The van der Waals surface area contributed by atoms with E-state index in [1.165, 1.54) is 11.1 Å². The fraction of sp³-hybridized carbons (Fsp3) is 0.571. The van der Waals surface area contributed by atoms with Crippen molar-refractivity contribution in [1.82, 2.24) is 4.90 Å². The summed E-state index contributed by atoms with van der Waals surface area (Å²) in [6.45, 7) is 3.35. The molecule has 0 bridgehead atoms. The van der Waals surface area contributed by atoms with Crippen molar-refractivity contribution in [3.63, 3.8) is 0 Å². The molecule has 0 fully saturated rings. The lowest BCUT2D eigenvalue weighted by molar-refractivity contribution is 0.170. The fourth-order valence-corrected chi connectivity index (χ4v) is 4.54. The van der Waals surface area contributed by atoms with Crippen molar-refractivity contribution in [2.75, 3.05) is 27.5 Å². The van der Waals surface area contributed by atoms with Gasteiger partial charge in [0.25, 0.3) is 0 Å². The van der Waals surface area contributed by atoms with Gasteiger partial charge in [-0.3, -0.25) is 4.90 Å². The first kappa shape index (κ1) is 18.2. The van der Waals surface area contributed by atoms with E-state index in [0.29, 0.717) is 18.1 Å². The highest BCUT2D eigenvalue weighted by molar-refractivity contribution is 5.87. The Labute approximate surface area is 160 Å². The number of rotatable bonds is 4. The van der Waals surface area contributed by atoms with Crippen molar-refractivity contribution in [3.05, 3.63) is 28.8 Å². The average molecular weight is 372 g/mol. The van der Waals surface area contributed by atoms with Crippen LogP contribution in [0.3, 0.4) is 0 Å². The van der Waals surface area contributed by atoms with E-state index in [4.69, 9.17) is 14.2 Å². The highest BCUT2D eigenvalue weighted by atomic mass is 16.7. The number of hydrogen-bond donors (Lipinski definition) is 1. The number of allylic oxidation sites excluding steroid dienone is 2. The third-order valence-electron chi connectivity index (χ3n) is 6.19. The van der Waals surface area contributed by atoms with E-state index in [0.717, 1.165) is 55.0 Å². The standard InChI is InChI=1S/C21H28N2O4/c1-13-4-6-14(7-5-13)16(22-24)11-17-19-15(8-9-23(17)2)10-18-20(21(19)25-3)27-12-26-18/h4,10,14,17,24H,5-9,11-12H2,1-3H3/b22-16+/t14-,17-/m0/s1. The number of oxime groups is 1. The van der Waals surface area contributed by atoms with Gasteiger partial charge in [-0.15, -0.1) is 0 Å². The molecule has 0 spiro atoms. The van der Waals surface area contributed by atoms with E-state index < -0.39 is 0 Å². The summed E-state index contributed by atoms with van der Waals surface area (Å²) in [5, 5.41) is 13.5. The monoisotopic (exact) mass is 372 g/mol. The summed E-state index contributed by atoms with van der Waals surface area (Å²) in [4.78, 5) is 2.32. The van der Waals surface area contributed by atoms with Gasteiger partial charge in [0.2, 0.25) is 12.5 Å². The molecule has 0 amide bonds. The number of fused-ring (bicyclic) bond motifs is 2. The molecule has 2 heterocycles. The second-order valence-electron chi connectivity index (χ2n) is 7.78. The van der Waals surface area contributed by atoms with Gasteiger partial charge < -0.3 is 19.4 Å². The Hall–Kier alpha value is -2.21. The number of methoxy groups -OCH3 is 1. The summed E-state index contributed by atoms with van der Waals surface area (Å²) < 4.78 is 17.0. The van der Waals surface area contributed by atoms with Crippen molar-refractivity contribution >= 4 is 5.71 Å². The summed E-state index contributed by atoms with van der Waals surface area (Å²) >= 11 is 0. The first-order valence-corrected chi connectivity index (χ1v) is 9.68. The Morgan fingerprint density at radius 1 is 1.37 bits per heavy atom. The molecule has 0 saturated carbocycles. The number of hydrogen-bond acceptors (Lipinski definition) is 6. The van der Waals surface area contributed by atoms with E-state index in [-0.39, 0.29) is 12.8 Å². The molecule has 0 radical (unpaired) electrons. The van der Waals surface area contributed by atoms with Crippen LogP contribution in [0.4, 0.5) is 0 Å². The molecular weight excluding hydrogens is 344 g/mol. The Morgan fingerprint density at radius 3 is 2.93 bits per heavy atom. The van der Waals surface area contributed by atoms with E-state index in [2.05, 4.69) is 36.2 Å². The minimum Gasteiger partial charge on any atom is -0.492 e. The molecule has 2 atom stereocenters. The van der Waals surface area contributed by atoms with Crippen LogP contribution in [0, 0.1) is 5.92 Å². The molecule has 1 aromatic carbocycles. The molecular formula is C21H28N2O4. The van der Waals surface area contributed by atoms with Gasteiger partial charge in [-0.05, 0) is 51.3 Å². The lowest BCUT2D eigenvalue weighted by atomic mass is 9.81. The molecule has 6 nitrogen and oxygen atoms in total. The van der Waals surface area contributed by atoms with Gasteiger partial charge in [0.1, 0.15) is 0 Å². The fourth-order valence-electron chi connectivity index (χ4n) is 4.54. The van der Waals surface area contributed by atoms with Crippen molar-refractivity contribution in [2.45, 2.75) is 45.1 Å². The molecule has 3 aliphatic rings. The molecule has 0 aromatic heterocycles. The third kappa shape index (κ3) is 3.27. The minimum absolute atomic E-state index is 0.0936. The van der Waals surface area contributed by atoms with Crippen LogP contribution in [0.5, 0.6) is 17.2 Å². The molecule has 0 saturated heterocycles. The maximum atomic E-state index is 9.76. The number of ether oxygens (including phenoxy) is 3. The summed E-state index contributed by atoms with van der Waals surface area (Å²) in [5.41, 5.74) is 4.68. The lowest BCUT2D eigenvalue weighted by Gasteiger charge is -2.37. The van der Waals surface area contributed by atoms with Crippen LogP contribution in [0.25, 0.3) is 0 Å². The molecule has 0 unspecified atom stereocenters. The summed E-state index contributed by atoms with van der Waals surface area (Å²) in [7, 11) is 3.80. The van der Waals surface area contributed by atoms with Crippen molar-refractivity contribution in [3.8, 4) is 17.2 Å². The topological polar surface area (TPSA) is 63.5 Å². The quantitative estimate of drug-likeness (QED) is 0.376. The molecule has 1 N–H and O–H groups in total. The molecule has 1 aliphatic carbocycles. The highest BCUT2D eigenvalue weighted by Crippen LogP contribution is 2.50. The van der Waals surface area contributed by atoms with Crippen LogP contribution in [0.15, 0.2) is 22.9 Å². The molecule has 4 rings (SSSR count). The Morgan fingerprint density at radius 2 is 2.22 bits per heavy atom. The SMILES string of the molecule is COc1c2c(cc3c1[C@H](C/C(=N\O)[C@H]1CC=C(C)CC1)N(C)CC3)OCO2. The number of nitrogens with zero attached hydrogens (tertiary/aromatic N) is 2. The molecule has 1 aromatic rings. The van der Waals surface area contributed by atoms with Crippen LogP contribution in [-0.4, -0.2) is 43.3 Å². The zero-order valence-electron chi connectivity index (χ0n) is 16.3. The Kier molecular flexibility index (Phi) is 5.00. The van der Waals surface area contributed by atoms with Crippen LogP contribution < -0.4 is 14.2 Å². The highest BCUT2D eigenvalue weighted by Gasteiger charge is 2.35. The van der Waals surface area contributed by atoms with Crippen LogP contribution in [0.2, 0.25) is 0 Å². The van der Waals surface area contributed by atoms with Gasteiger partial charge in [-0.1, -0.05) is 16.8 Å². The minimum atomic E-state index is 0.0936. The van der Waals surface area contributed by atoms with Crippen LogP contribution in [0.1, 0.15) is 49.8 Å². The maximum Gasteiger partial charge on any atom is 0.231 e. The van der Waals surface area contributed by atoms with Gasteiger partial charge in [0.05, 0.1) is 12.8 Å². The number of likely N-dealkylation sites (N-methyl/N-ethyl adjacent to an activating group) is 1. The maximum absolute atomic E-state index is 9.76. The first-order valence-electron chi connectivity index (χ1n) is 9.68. The third-order valence-corrected chi connectivity index (χ3v) is 6.19. The smallest absolute Gasteiger partial charge is 0.231 e. The van der Waals surface area contributed by atoms with E-state index >= 15 is 0 Å². The zero-order chi connectivity index (χ0) is 19.0. The van der Waals surface area contributed by atoms with Crippen molar-refractivity contribution in [1.29, 1.82) is 0 Å². The first-order chi connectivity index (χ1) is 13.1. The molecule has 6 heteroatoms. The van der Waals surface area contributed by atoms with E-state index in [1.54, 1.807) is 7.11 Å². The lowest BCUT2D eigenvalue weighted by Crippen LogP contribution is -2.35. The van der Waals surface area contributed by atoms with Crippen LogP contribution >= 0.6 is 0 Å². The normalized spacial score (nSPS) is 25.1. The van der Waals surface area contributed by atoms with Crippen LogP contribution in [-0.2, 0) is 6.42 Å². The van der Waals surface area contributed by atoms with Gasteiger partial charge in [0, 0.05) is 30.5 Å². The van der Waals surface area contributed by atoms with Gasteiger partial charge in [-0.25, -0.2) is 0 Å². The largest absolute Gasteiger partial charge is 0.492 e. The summed E-state index contributed by atoms with van der Waals surface area (Å²) in [5.74, 6) is 2.51. The Bertz CT molecular complexity index is 787. The average Bonchev–Trinajstić information content (AvgIpc) is 3.15. The zero-order valence-corrected chi connectivity index (χ0v) is 16.3. The van der Waals surface area contributed by atoms with Gasteiger partial charge in [0.15, 0.2) is 11.5 Å². The van der Waals surface area contributed by atoms with E-state index in [1.807, 2.05) is 0 Å². The number of benzene rings is 1. The Balaban J connectivity index is 1.68. The second kappa shape index (κ2) is 7.43. The van der Waals surface area contributed by atoms with Gasteiger partial charge in [-0.2, -0.15) is 0 Å². The van der Waals surface area contributed by atoms with E-state index in [9.17, 15) is 5.21 Å². The predicted molar refractivity (Wildman–Crippen MR) is 103 cm³/mol. The second-order valence-corrected chi connectivity index (χ2v) is 7.78. The predicted octanol–water partition coefficient (Wildman–Crippen LogP) is 3.92. The van der Waals surface area contributed by atoms with Gasteiger partial charge >= 0.3 is 0 Å². The summed E-state index contributed by atoms with van der Waals surface area (Å²) in [6.07, 6.45) is 6.97. The molecule has 27 heavy (non-hydrogen) atoms. The molecule has 2 aliphatic heterocycles. The molecule has 146 valence electrons. The van der Waals surface area contributed by atoms with Crippen molar-refractivity contribution in [2.24, 2.45) is 11.1 Å². The van der Waals surface area contributed by atoms with Crippen molar-refractivity contribution < 1.29 is 19.4 Å².